The lowest BCUT2D eigenvalue weighted by atomic mass is 9.92. The van der Waals surface area contributed by atoms with E-state index in [0.717, 1.165) is 28.1 Å². The molecule has 1 aliphatic carbocycles. The van der Waals surface area contributed by atoms with Crippen LogP contribution in [0.3, 0.4) is 0 Å². The van der Waals surface area contributed by atoms with Crippen molar-refractivity contribution in [3.8, 4) is 0 Å². The highest BCUT2D eigenvalue weighted by atomic mass is 16.2. The van der Waals surface area contributed by atoms with Gasteiger partial charge in [0, 0.05) is 11.4 Å². The summed E-state index contributed by atoms with van der Waals surface area (Å²) in [5, 5.41) is 6.11. The molecular weight excluding hydrogens is 348 g/mol. The van der Waals surface area contributed by atoms with Crippen LogP contribution in [-0.2, 0) is 9.59 Å². The van der Waals surface area contributed by atoms with E-state index in [2.05, 4.69) is 56.5 Å². The van der Waals surface area contributed by atoms with Crippen molar-refractivity contribution in [1.82, 2.24) is 0 Å². The van der Waals surface area contributed by atoms with E-state index in [-0.39, 0.29) is 23.7 Å². The second-order valence-electron chi connectivity index (χ2n) is 8.36. The first-order chi connectivity index (χ1) is 13.3. The highest BCUT2D eigenvalue weighted by Gasteiger charge is 2.48. The maximum atomic E-state index is 12.9. The maximum Gasteiger partial charge on any atom is 0.228 e. The van der Waals surface area contributed by atoms with Gasteiger partial charge in [0.05, 0.1) is 11.8 Å². The van der Waals surface area contributed by atoms with Crippen LogP contribution < -0.4 is 10.6 Å². The molecule has 0 aliphatic heterocycles. The van der Waals surface area contributed by atoms with Gasteiger partial charge >= 0.3 is 0 Å². The number of carbonyl (C=O) groups is 2. The van der Waals surface area contributed by atoms with E-state index in [4.69, 9.17) is 0 Å². The highest BCUT2D eigenvalue weighted by Crippen LogP contribution is 2.41. The number of aryl methyl sites for hydroxylation is 1. The van der Waals surface area contributed by atoms with E-state index >= 15 is 0 Å². The SMILES string of the molecule is Cc1ccccc1NC(=O)C1CC1C(=O)Nc1c(C(C)C)cccc1C(C)C. The molecule has 28 heavy (non-hydrogen) atoms. The molecule has 0 saturated heterocycles. The van der Waals surface area contributed by atoms with Crippen molar-refractivity contribution < 1.29 is 9.59 Å². The Kier molecular flexibility index (Phi) is 5.87. The van der Waals surface area contributed by atoms with Crippen LogP contribution in [-0.4, -0.2) is 11.8 Å². The summed E-state index contributed by atoms with van der Waals surface area (Å²) in [6.45, 7) is 10.5. The first kappa shape index (κ1) is 20.1. The molecule has 0 bridgehead atoms. The van der Waals surface area contributed by atoms with E-state index in [0.29, 0.717) is 18.3 Å². The number of benzene rings is 2. The van der Waals surface area contributed by atoms with Gasteiger partial charge in [0.25, 0.3) is 0 Å². The van der Waals surface area contributed by atoms with Crippen LogP contribution in [0.5, 0.6) is 0 Å². The van der Waals surface area contributed by atoms with E-state index in [9.17, 15) is 9.59 Å². The van der Waals surface area contributed by atoms with Crippen molar-refractivity contribution in [2.45, 2.75) is 52.9 Å². The Bertz CT molecular complexity index is 860. The smallest absolute Gasteiger partial charge is 0.228 e. The molecule has 4 nitrogen and oxygen atoms in total. The second kappa shape index (κ2) is 8.17. The molecule has 2 aromatic rings. The normalized spacial score (nSPS) is 18.2. The maximum absolute atomic E-state index is 12.9. The predicted molar refractivity (Wildman–Crippen MR) is 115 cm³/mol. The third-order valence-corrected chi connectivity index (χ3v) is 5.49. The fourth-order valence-electron chi connectivity index (χ4n) is 3.62. The molecular formula is C24H30N2O2. The lowest BCUT2D eigenvalue weighted by Crippen LogP contribution is -2.22. The Morgan fingerprint density at radius 1 is 0.821 bits per heavy atom. The molecule has 0 aromatic heterocycles. The first-order valence-electron chi connectivity index (χ1n) is 10.1. The summed E-state index contributed by atoms with van der Waals surface area (Å²) in [7, 11) is 0. The van der Waals surface area contributed by atoms with Crippen LogP contribution in [0.2, 0.25) is 0 Å². The third kappa shape index (κ3) is 4.27. The summed E-state index contributed by atoms with van der Waals surface area (Å²) in [4.78, 5) is 25.4. The standard InChI is InChI=1S/C24H30N2O2/c1-14(2)17-10-8-11-18(15(3)4)22(17)26-24(28)20-13-19(20)23(27)25-21-12-7-6-9-16(21)5/h6-12,14-15,19-20H,13H2,1-5H3,(H,25,27)(H,26,28). The summed E-state index contributed by atoms with van der Waals surface area (Å²) in [5.41, 5.74) is 5.03. The molecule has 148 valence electrons. The van der Waals surface area contributed by atoms with Crippen LogP contribution in [0.25, 0.3) is 0 Å². The van der Waals surface area contributed by atoms with Crippen molar-refractivity contribution in [3.05, 3.63) is 59.2 Å². The minimum Gasteiger partial charge on any atom is -0.326 e. The van der Waals surface area contributed by atoms with Gasteiger partial charge in [-0.05, 0) is 47.9 Å². The van der Waals surface area contributed by atoms with Crippen molar-refractivity contribution in [2.24, 2.45) is 11.8 Å². The zero-order valence-corrected chi connectivity index (χ0v) is 17.4. The first-order valence-corrected chi connectivity index (χ1v) is 10.1. The van der Waals surface area contributed by atoms with Gasteiger partial charge in [-0.3, -0.25) is 9.59 Å². The topological polar surface area (TPSA) is 58.2 Å². The molecule has 0 spiro atoms. The molecule has 2 atom stereocenters. The molecule has 0 radical (unpaired) electrons. The summed E-state index contributed by atoms with van der Waals surface area (Å²) in [6.07, 6.45) is 0.602. The third-order valence-electron chi connectivity index (χ3n) is 5.49. The lowest BCUT2D eigenvalue weighted by Gasteiger charge is -2.20. The van der Waals surface area contributed by atoms with E-state index in [1.165, 1.54) is 0 Å². The van der Waals surface area contributed by atoms with Gasteiger partial charge in [-0.15, -0.1) is 0 Å². The Hall–Kier alpha value is -2.62. The molecule has 4 heteroatoms. The highest BCUT2D eigenvalue weighted by molar-refractivity contribution is 6.04. The van der Waals surface area contributed by atoms with Crippen LogP contribution >= 0.6 is 0 Å². The number of anilines is 2. The Balaban J connectivity index is 1.70. The van der Waals surface area contributed by atoms with Gasteiger partial charge in [0.15, 0.2) is 0 Å². The van der Waals surface area contributed by atoms with Crippen molar-refractivity contribution in [1.29, 1.82) is 0 Å². The van der Waals surface area contributed by atoms with Gasteiger partial charge in [0.1, 0.15) is 0 Å². The summed E-state index contributed by atoms with van der Waals surface area (Å²) in [6, 6.07) is 13.9. The molecule has 3 rings (SSSR count). The summed E-state index contributed by atoms with van der Waals surface area (Å²) in [5.74, 6) is -0.0186. The number of para-hydroxylation sites is 2. The van der Waals surface area contributed by atoms with Gasteiger partial charge in [-0.25, -0.2) is 0 Å². The van der Waals surface area contributed by atoms with Gasteiger partial charge in [-0.1, -0.05) is 64.1 Å². The van der Waals surface area contributed by atoms with E-state index in [1.807, 2.05) is 31.2 Å². The number of rotatable bonds is 6. The average Bonchev–Trinajstić information content (AvgIpc) is 3.44. The minimum atomic E-state index is -0.260. The number of carbonyl (C=O) groups excluding carboxylic acids is 2. The van der Waals surface area contributed by atoms with E-state index < -0.39 is 0 Å². The number of hydrogen-bond donors (Lipinski definition) is 2. The van der Waals surface area contributed by atoms with Crippen molar-refractivity contribution >= 4 is 23.2 Å². The molecule has 2 N–H and O–H groups in total. The molecule has 2 amide bonds. The van der Waals surface area contributed by atoms with Gasteiger partial charge in [0.2, 0.25) is 11.8 Å². The molecule has 1 fully saturated rings. The molecule has 1 saturated carbocycles. The minimum absolute atomic E-state index is 0.0556. The number of nitrogens with one attached hydrogen (secondary N) is 2. The molecule has 2 aromatic carbocycles. The molecule has 0 heterocycles. The van der Waals surface area contributed by atoms with Crippen LogP contribution in [0.15, 0.2) is 42.5 Å². The number of hydrogen-bond acceptors (Lipinski definition) is 2. The zero-order valence-electron chi connectivity index (χ0n) is 17.4. The largest absolute Gasteiger partial charge is 0.326 e. The average molecular weight is 379 g/mol. The second-order valence-corrected chi connectivity index (χ2v) is 8.36. The number of amides is 2. The van der Waals surface area contributed by atoms with Gasteiger partial charge in [-0.2, -0.15) is 0 Å². The molecule has 1 aliphatic rings. The predicted octanol–water partition coefficient (Wildman–Crippen LogP) is 5.46. The monoisotopic (exact) mass is 378 g/mol. The van der Waals surface area contributed by atoms with Crippen molar-refractivity contribution in [3.63, 3.8) is 0 Å². The zero-order chi connectivity index (χ0) is 20.4. The van der Waals surface area contributed by atoms with E-state index in [1.54, 1.807) is 0 Å². The van der Waals surface area contributed by atoms with Crippen molar-refractivity contribution in [2.75, 3.05) is 10.6 Å². The fraction of sp³-hybridized carbons (Fsp3) is 0.417. The lowest BCUT2D eigenvalue weighted by molar-refractivity contribution is -0.122. The van der Waals surface area contributed by atoms with Gasteiger partial charge < -0.3 is 10.6 Å². The summed E-state index contributed by atoms with van der Waals surface area (Å²) >= 11 is 0. The quantitative estimate of drug-likeness (QED) is 0.702. The fourth-order valence-corrected chi connectivity index (χ4v) is 3.62. The Morgan fingerprint density at radius 3 is 1.89 bits per heavy atom. The van der Waals surface area contributed by atoms with Crippen LogP contribution in [0.1, 0.15) is 62.6 Å². The molecule has 2 unspecified atom stereocenters. The summed E-state index contributed by atoms with van der Waals surface area (Å²) < 4.78 is 0. The van der Waals surface area contributed by atoms with Crippen LogP contribution in [0.4, 0.5) is 11.4 Å². The Morgan fingerprint density at radius 2 is 1.36 bits per heavy atom. The Labute approximate surface area is 167 Å². The van der Waals surface area contributed by atoms with Crippen LogP contribution in [0, 0.1) is 18.8 Å².